The molecule has 1 heterocycles. The number of nitrogens with zero attached hydrogens (tertiary/aromatic N) is 2. The van der Waals surface area contributed by atoms with Gasteiger partial charge in [-0.05, 0) is 29.9 Å². The number of hydrogen-bond acceptors (Lipinski definition) is 7. The molecule has 0 atom stereocenters. The van der Waals surface area contributed by atoms with Gasteiger partial charge in [-0.2, -0.15) is 0 Å². The van der Waals surface area contributed by atoms with Crippen molar-refractivity contribution in [1.82, 2.24) is 5.16 Å². The van der Waals surface area contributed by atoms with Gasteiger partial charge in [-0.25, -0.2) is 8.42 Å². The van der Waals surface area contributed by atoms with E-state index in [1.165, 1.54) is 24.3 Å². The largest absolute Gasteiger partial charge is 0.481 e. The lowest BCUT2D eigenvalue weighted by molar-refractivity contribution is -0.832. The van der Waals surface area contributed by atoms with Crippen LogP contribution in [-0.4, -0.2) is 31.3 Å². The van der Waals surface area contributed by atoms with Crippen molar-refractivity contribution in [1.29, 1.82) is 0 Å². The van der Waals surface area contributed by atoms with Crippen LogP contribution in [0.25, 0.3) is 0 Å². The van der Waals surface area contributed by atoms with Gasteiger partial charge in [-0.3, -0.25) is 9.42 Å². The lowest BCUT2D eigenvalue weighted by Gasteiger charge is -2.03. The first-order valence-electron chi connectivity index (χ1n) is 6.67. The third-order valence-electron chi connectivity index (χ3n) is 2.88. The van der Waals surface area contributed by atoms with Gasteiger partial charge < -0.3 is 15.1 Å². The number of carboxylic acids is 1. The summed E-state index contributed by atoms with van der Waals surface area (Å²) in [4.78, 5) is 10.1. The van der Waals surface area contributed by atoms with Gasteiger partial charge in [0.1, 0.15) is 0 Å². The van der Waals surface area contributed by atoms with Crippen LogP contribution in [0.4, 0.5) is 0 Å². The smallest absolute Gasteiger partial charge is 0.414 e. The Kier molecular flexibility index (Phi) is 5.16. The molecule has 124 valence electrons. The van der Waals surface area contributed by atoms with Crippen LogP contribution >= 0.6 is 0 Å². The first-order valence-corrected chi connectivity index (χ1v) is 8.15. The third-order valence-corrected chi connectivity index (χ3v) is 4.60. The molecule has 0 fully saturated rings. The normalized spacial score (nSPS) is 11.3. The Balaban J connectivity index is 2.14. The van der Waals surface area contributed by atoms with Crippen molar-refractivity contribution < 1.29 is 32.6 Å². The first-order chi connectivity index (χ1) is 10.9. The summed E-state index contributed by atoms with van der Waals surface area (Å²) in [5.41, 5.74) is 0. The zero-order valence-corrected chi connectivity index (χ0v) is 12.7. The van der Waals surface area contributed by atoms with Gasteiger partial charge in [0.05, 0.1) is 16.7 Å². The van der Waals surface area contributed by atoms with E-state index in [2.05, 4.69) is 9.79 Å². The van der Waals surface area contributed by atoms with E-state index in [0.717, 1.165) is 0 Å². The molecule has 1 N–H and O–H groups in total. The topological polar surface area (TPSA) is 134 Å². The SMILES string of the molecule is O=C(O)CCCCOc1no[n+]([O-])c1S(=O)(=O)c1ccccc1. The van der Waals surface area contributed by atoms with Gasteiger partial charge in [0.2, 0.25) is 0 Å². The molecule has 0 unspecified atom stereocenters. The number of carbonyl (C=O) groups is 1. The fraction of sp³-hybridized carbons (Fsp3) is 0.308. The standard InChI is InChI=1S/C13H14N2O7S/c16-11(17)8-4-5-9-21-12-13(15(18)22-14-12)23(19,20)10-6-2-1-3-7-10/h1-3,6-7H,4-5,8-9H2,(H,16,17). The Morgan fingerprint density at radius 2 is 2.00 bits per heavy atom. The van der Waals surface area contributed by atoms with Crippen molar-refractivity contribution in [2.45, 2.75) is 29.2 Å². The second-order valence-electron chi connectivity index (χ2n) is 4.56. The first kappa shape index (κ1) is 16.7. The second kappa shape index (κ2) is 7.09. The lowest BCUT2D eigenvalue weighted by Crippen LogP contribution is -2.30. The molecule has 0 aliphatic rings. The number of aromatic nitrogens is 2. The molecule has 2 rings (SSSR count). The van der Waals surface area contributed by atoms with Crippen molar-refractivity contribution >= 4 is 15.8 Å². The summed E-state index contributed by atoms with van der Waals surface area (Å²) >= 11 is 0. The molecule has 0 aliphatic carbocycles. The average Bonchev–Trinajstić information content (AvgIpc) is 2.89. The van der Waals surface area contributed by atoms with E-state index in [-0.39, 0.29) is 22.8 Å². The molecule has 9 nitrogen and oxygen atoms in total. The number of aliphatic carboxylic acids is 1. The van der Waals surface area contributed by atoms with Crippen LogP contribution in [0.5, 0.6) is 5.88 Å². The summed E-state index contributed by atoms with van der Waals surface area (Å²) in [6, 6.07) is 7.33. The monoisotopic (exact) mass is 342 g/mol. The predicted molar refractivity (Wildman–Crippen MR) is 74.3 cm³/mol. The van der Waals surface area contributed by atoms with Crippen molar-refractivity contribution in [3.8, 4) is 5.88 Å². The summed E-state index contributed by atoms with van der Waals surface area (Å²) < 4.78 is 34.3. The van der Waals surface area contributed by atoms with Crippen LogP contribution < -0.4 is 9.64 Å². The molecule has 0 radical (unpaired) electrons. The number of rotatable bonds is 8. The minimum atomic E-state index is -4.14. The quantitative estimate of drug-likeness (QED) is 0.549. The van der Waals surface area contributed by atoms with E-state index in [4.69, 9.17) is 9.84 Å². The van der Waals surface area contributed by atoms with Gasteiger partial charge >= 0.3 is 16.9 Å². The maximum absolute atomic E-state index is 12.4. The molecule has 0 saturated heterocycles. The molecule has 1 aromatic heterocycles. The Hall–Kier alpha value is -2.62. The Bertz CT molecular complexity index is 771. The highest BCUT2D eigenvalue weighted by molar-refractivity contribution is 7.91. The molecule has 0 amide bonds. The summed E-state index contributed by atoms with van der Waals surface area (Å²) in [5, 5.41) is 22.7. The van der Waals surface area contributed by atoms with Gasteiger partial charge in [0.25, 0.3) is 9.84 Å². The zero-order valence-electron chi connectivity index (χ0n) is 11.9. The van der Waals surface area contributed by atoms with Crippen molar-refractivity contribution in [3.63, 3.8) is 0 Å². The molecule has 0 aliphatic heterocycles. The predicted octanol–water partition coefficient (Wildman–Crippen LogP) is 0.774. The van der Waals surface area contributed by atoms with Crippen LogP contribution in [0, 0.1) is 5.21 Å². The highest BCUT2D eigenvalue weighted by Crippen LogP contribution is 2.24. The fourth-order valence-electron chi connectivity index (χ4n) is 1.79. The van der Waals surface area contributed by atoms with Crippen molar-refractivity contribution in [2.75, 3.05) is 6.61 Å². The molecule has 0 saturated carbocycles. The molecule has 0 bridgehead atoms. The summed E-state index contributed by atoms with van der Waals surface area (Å²) in [6.07, 6.45) is 0.688. The third kappa shape index (κ3) is 3.97. The second-order valence-corrected chi connectivity index (χ2v) is 6.42. The van der Waals surface area contributed by atoms with Crippen molar-refractivity contribution in [2.24, 2.45) is 0 Å². The van der Waals surface area contributed by atoms with Gasteiger partial charge in [-0.1, -0.05) is 18.2 Å². The molecule has 23 heavy (non-hydrogen) atoms. The number of hydrogen-bond donors (Lipinski definition) is 1. The van der Waals surface area contributed by atoms with E-state index in [1.807, 2.05) is 0 Å². The number of carboxylic acid groups (broad SMARTS) is 1. The number of benzene rings is 1. The number of sulfone groups is 1. The number of unbranched alkanes of at least 4 members (excludes halogenated alkanes) is 1. The van der Waals surface area contributed by atoms with Gasteiger partial charge in [0.15, 0.2) is 0 Å². The molecule has 1 aromatic carbocycles. The highest BCUT2D eigenvalue weighted by Gasteiger charge is 2.35. The summed E-state index contributed by atoms with van der Waals surface area (Å²) in [5.74, 6) is -1.38. The minimum Gasteiger partial charge on any atom is -0.481 e. The molecule has 2 aromatic rings. The zero-order chi connectivity index (χ0) is 16.9. The maximum atomic E-state index is 12.4. The maximum Gasteiger partial charge on any atom is 0.414 e. The van der Waals surface area contributed by atoms with Crippen LogP contribution in [0.1, 0.15) is 19.3 Å². The molecule has 10 heteroatoms. The summed E-state index contributed by atoms with van der Waals surface area (Å²) in [7, 11) is -4.14. The Morgan fingerprint density at radius 3 is 2.65 bits per heavy atom. The van der Waals surface area contributed by atoms with E-state index in [0.29, 0.717) is 12.8 Å². The number of ether oxygens (including phenoxy) is 1. The molecule has 0 spiro atoms. The van der Waals surface area contributed by atoms with Crippen LogP contribution in [-0.2, 0) is 14.6 Å². The van der Waals surface area contributed by atoms with Crippen molar-refractivity contribution in [3.05, 3.63) is 35.5 Å². The lowest BCUT2D eigenvalue weighted by atomic mass is 10.2. The Morgan fingerprint density at radius 1 is 1.30 bits per heavy atom. The van der Waals surface area contributed by atoms with E-state index in [9.17, 15) is 18.4 Å². The van der Waals surface area contributed by atoms with E-state index in [1.54, 1.807) is 6.07 Å². The average molecular weight is 342 g/mol. The molecular formula is C13H14N2O7S. The van der Waals surface area contributed by atoms with Crippen LogP contribution in [0.2, 0.25) is 0 Å². The van der Waals surface area contributed by atoms with E-state index >= 15 is 0 Å². The van der Waals surface area contributed by atoms with Gasteiger partial charge in [0, 0.05) is 6.42 Å². The fourth-order valence-corrected chi connectivity index (χ4v) is 3.08. The van der Waals surface area contributed by atoms with Crippen LogP contribution in [0.3, 0.4) is 0 Å². The Labute approximate surface area is 131 Å². The highest BCUT2D eigenvalue weighted by atomic mass is 32.2. The van der Waals surface area contributed by atoms with Crippen LogP contribution in [0.15, 0.2) is 44.9 Å². The minimum absolute atomic E-state index is 0.0110. The summed E-state index contributed by atoms with van der Waals surface area (Å²) in [6.45, 7) is 0.0110. The molecular weight excluding hydrogens is 328 g/mol. The van der Waals surface area contributed by atoms with E-state index < -0.39 is 26.7 Å². The van der Waals surface area contributed by atoms with Gasteiger partial charge in [-0.15, -0.1) is 0 Å².